The molecule has 0 aliphatic carbocycles. The summed E-state index contributed by atoms with van der Waals surface area (Å²) in [5.41, 5.74) is 0. The first-order chi connectivity index (χ1) is 9.83. The Kier molecular flexibility index (Phi) is 23.7. The molecule has 20 heavy (non-hydrogen) atoms. The molecule has 0 radical (unpaired) electrons. The lowest BCUT2D eigenvalue weighted by Crippen LogP contribution is -2.01. The Morgan fingerprint density at radius 1 is 0.650 bits per heavy atom. The van der Waals surface area contributed by atoms with Gasteiger partial charge < -0.3 is 18.9 Å². The van der Waals surface area contributed by atoms with Crippen LogP contribution in [0.15, 0.2) is 38.5 Å². The topological polar surface area (TPSA) is 36.9 Å². The van der Waals surface area contributed by atoms with E-state index >= 15 is 0 Å². The maximum atomic E-state index is 5.20. The van der Waals surface area contributed by atoms with Crippen molar-refractivity contribution in [2.24, 2.45) is 0 Å². The third kappa shape index (κ3) is 25.4. The van der Waals surface area contributed by atoms with Gasteiger partial charge in [-0.2, -0.15) is 0 Å². The van der Waals surface area contributed by atoms with Gasteiger partial charge in [0.15, 0.2) is 0 Å². The molecule has 0 bridgehead atoms. The monoisotopic (exact) mass is 286 g/mol. The van der Waals surface area contributed by atoms with Crippen molar-refractivity contribution in [3.63, 3.8) is 0 Å². The fourth-order valence-electron chi connectivity index (χ4n) is 1.08. The minimum atomic E-state index is 0.618. The maximum Gasteiger partial charge on any atom is 0.111 e. The van der Waals surface area contributed by atoms with Crippen LogP contribution < -0.4 is 0 Å². The Bertz CT molecular complexity index is 193. The molecule has 0 unspecified atom stereocenters. The molecule has 0 aliphatic rings. The molecule has 0 aromatic rings. The second-order valence-corrected chi connectivity index (χ2v) is 3.79. The minimum absolute atomic E-state index is 0.618. The summed E-state index contributed by atoms with van der Waals surface area (Å²) in [4.78, 5) is 0. The molecule has 4 heteroatoms. The first-order valence-corrected chi connectivity index (χ1v) is 7.08. The SMILES string of the molecule is C=COCCCCOC=C.C=COCCOCCCC. The van der Waals surface area contributed by atoms with Gasteiger partial charge in [0.05, 0.1) is 38.6 Å². The Morgan fingerprint density at radius 2 is 1.15 bits per heavy atom. The van der Waals surface area contributed by atoms with Crippen molar-refractivity contribution in [1.29, 1.82) is 0 Å². The molecule has 0 atom stereocenters. The molecule has 118 valence electrons. The number of hydrogen-bond acceptors (Lipinski definition) is 4. The van der Waals surface area contributed by atoms with E-state index in [4.69, 9.17) is 18.9 Å². The van der Waals surface area contributed by atoms with E-state index < -0.39 is 0 Å². The van der Waals surface area contributed by atoms with Crippen molar-refractivity contribution >= 4 is 0 Å². The summed E-state index contributed by atoms with van der Waals surface area (Å²) in [5.74, 6) is 0. The zero-order valence-corrected chi connectivity index (χ0v) is 12.9. The summed E-state index contributed by atoms with van der Waals surface area (Å²) < 4.78 is 19.8. The van der Waals surface area contributed by atoms with Gasteiger partial charge in [0, 0.05) is 6.61 Å². The van der Waals surface area contributed by atoms with Crippen LogP contribution in [0.4, 0.5) is 0 Å². The Hall–Kier alpha value is -1.42. The minimum Gasteiger partial charge on any atom is -0.502 e. The van der Waals surface area contributed by atoms with Crippen molar-refractivity contribution in [1.82, 2.24) is 0 Å². The molecule has 0 amide bonds. The molecule has 0 aliphatic heterocycles. The smallest absolute Gasteiger partial charge is 0.111 e. The van der Waals surface area contributed by atoms with Gasteiger partial charge in [-0.15, -0.1) is 0 Å². The van der Waals surface area contributed by atoms with Gasteiger partial charge in [0.2, 0.25) is 0 Å². The van der Waals surface area contributed by atoms with Gasteiger partial charge in [-0.3, -0.25) is 0 Å². The first-order valence-electron chi connectivity index (χ1n) is 7.08. The summed E-state index contributed by atoms with van der Waals surface area (Å²) in [6.45, 7) is 16.0. The van der Waals surface area contributed by atoms with Crippen molar-refractivity contribution in [3.05, 3.63) is 38.5 Å². The predicted molar refractivity (Wildman–Crippen MR) is 83.4 cm³/mol. The summed E-state index contributed by atoms with van der Waals surface area (Å²) in [6.07, 6.45) is 8.65. The number of hydrogen-bond donors (Lipinski definition) is 0. The average Bonchev–Trinajstić information content (AvgIpc) is 2.47. The standard InChI is InChI=1S/C8H14O2.C8H16O2/c1-3-9-7-5-6-8-10-4-2;1-3-5-6-10-8-7-9-4-2/h3-4H,1-2,5-8H2;4H,2-3,5-8H2,1H3. The van der Waals surface area contributed by atoms with Crippen molar-refractivity contribution in [2.45, 2.75) is 32.6 Å². The van der Waals surface area contributed by atoms with Crippen LogP contribution in [0.5, 0.6) is 0 Å². The van der Waals surface area contributed by atoms with Crippen LogP contribution >= 0.6 is 0 Å². The molecular weight excluding hydrogens is 256 g/mol. The lowest BCUT2D eigenvalue weighted by atomic mass is 10.3. The highest BCUT2D eigenvalue weighted by Crippen LogP contribution is 1.91. The van der Waals surface area contributed by atoms with Crippen LogP contribution in [-0.2, 0) is 18.9 Å². The first kappa shape index (κ1) is 20.9. The van der Waals surface area contributed by atoms with E-state index in [1.807, 2.05) is 0 Å². The van der Waals surface area contributed by atoms with Crippen molar-refractivity contribution < 1.29 is 18.9 Å². The summed E-state index contributed by atoms with van der Waals surface area (Å²) in [5, 5.41) is 0. The lowest BCUT2D eigenvalue weighted by molar-refractivity contribution is 0.0834. The Morgan fingerprint density at radius 3 is 1.60 bits per heavy atom. The zero-order valence-electron chi connectivity index (χ0n) is 12.9. The van der Waals surface area contributed by atoms with Crippen molar-refractivity contribution in [2.75, 3.05) is 33.0 Å². The van der Waals surface area contributed by atoms with E-state index in [9.17, 15) is 0 Å². The molecule has 0 saturated carbocycles. The highest BCUT2D eigenvalue weighted by atomic mass is 16.5. The van der Waals surface area contributed by atoms with Gasteiger partial charge in [0.1, 0.15) is 6.61 Å². The third-order valence-electron chi connectivity index (χ3n) is 2.12. The molecule has 0 aromatic heterocycles. The van der Waals surface area contributed by atoms with Gasteiger partial charge >= 0.3 is 0 Å². The van der Waals surface area contributed by atoms with Crippen LogP contribution in [0.25, 0.3) is 0 Å². The summed E-state index contributed by atoms with van der Waals surface area (Å²) in [7, 11) is 0. The molecule has 0 aromatic carbocycles. The average molecular weight is 286 g/mol. The molecule has 0 heterocycles. The van der Waals surface area contributed by atoms with Gasteiger partial charge in [-0.05, 0) is 19.3 Å². The molecular formula is C16H30O4. The van der Waals surface area contributed by atoms with E-state index in [-0.39, 0.29) is 0 Å². The fourth-order valence-corrected chi connectivity index (χ4v) is 1.08. The highest BCUT2D eigenvalue weighted by Gasteiger charge is 1.86. The summed E-state index contributed by atoms with van der Waals surface area (Å²) >= 11 is 0. The Labute approximate surface area is 124 Å². The molecule has 0 fully saturated rings. The van der Waals surface area contributed by atoms with E-state index in [1.54, 1.807) is 0 Å². The third-order valence-corrected chi connectivity index (χ3v) is 2.12. The number of unbranched alkanes of at least 4 members (excludes halogenated alkanes) is 2. The van der Waals surface area contributed by atoms with Crippen LogP contribution in [-0.4, -0.2) is 33.0 Å². The predicted octanol–water partition coefficient (Wildman–Crippen LogP) is 4.05. The quantitative estimate of drug-likeness (QED) is 0.356. The van der Waals surface area contributed by atoms with Crippen LogP contribution in [0, 0.1) is 0 Å². The molecule has 0 saturated heterocycles. The molecule has 0 rings (SSSR count). The second-order valence-electron chi connectivity index (χ2n) is 3.79. The van der Waals surface area contributed by atoms with E-state index in [2.05, 4.69) is 26.7 Å². The highest BCUT2D eigenvalue weighted by molar-refractivity contribution is 4.51. The van der Waals surface area contributed by atoms with Gasteiger partial charge in [-0.25, -0.2) is 0 Å². The van der Waals surface area contributed by atoms with E-state index in [0.717, 1.165) is 39.1 Å². The summed E-state index contributed by atoms with van der Waals surface area (Å²) in [6, 6.07) is 0. The van der Waals surface area contributed by atoms with E-state index in [0.29, 0.717) is 13.2 Å². The number of ether oxygens (including phenoxy) is 4. The van der Waals surface area contributed by atoms with Gasteiger partial charge in [0.25, 0.3) is 0 Å². The molecule has 4 nitrogen and oxygen atoms in total. The van der Waals surface area contributed by atoms with E-state index in [1.165, 1.54) is 25.2 Å². The van der Waals surface area contributed by atoms with Crippen LogP contribution in [0.1, 0.15) is 32.6 Å². The molecule has 0 N–H and O–H groups in total. The second kappa shape index (κ2) is 22.7. The van der Waals surface area contributed by atoms with Crippen molar-refractivity contribution in [3.8, 4) is 0 Å². The number of rotatable bonds is 14. The zero-order chi connectivity index (χ0) is 15.3. The van der Waals surface area contributed by atoms with Crippen LogP contribution in [0.2, 0.25) is 0 Å². The maximum absolute atomic E-state index is 5.20. The largest absolute Gasteiger partial charge is 0.502 e. The normalized spacial score (nSPS) is 8.85. The molecule has 0 spiro atoms. The Balaban J connectivity index is 0. The lowest BCUT2D eigenvalue weighted by Gasteiger charge is -2.01. The fraction of sp³-hybridized carbons (Fsp3) is 0.625. The van der Waals surface area contributed by atoms with Gasteiger partial charge in [-0.1, -0.05) is 33.1 Å². The van der Waals surface area contributed by atoms with Crippen LogP contribution in [0.3, 0.4) is 0 Å².